The molecule has 126 valence electrons. The van der Waals surface area contributed by atoms with Gasteiger partial charge in [-0.2, -0.15) is 0 Å². The Kier molecular flexibility index (Phi) is 6.12. The van der Waals surface area contributed by atoms with E-state index in [2.05, 4.69) is 15.9 Å². The Hall–Kier alpha value is -1.47. The molecule has 1 aliphatic rings. The number of rotatable bonds is 4. The van der Waals surface area contributed by atoms with Crippen molar-refractivity contribution < 1.29 is 19.1 Å². The molecule has 7 heteroatoms. The average molecular weight is 387 g/mol. The molecule has 5 nitrogen and oxygen atoms in total. The highest BCUT2D eigenvalue weighted by atomic mass is 79.9. The first kappa shape index (κ1) is 17.9. The van der Waals surface area contributed by atoms with E-state index in [9.17, 15) is 14.0 Å². The van der Waals surface area contributed by atoms with Gasteiger partial charge in [-0.15, -0.1) is 0 Å². The van der Waals surface area contributed by atoms with Gasteiger partial charge in [0.25, 0.3) is 5.91 Å². The Morgan fingerprint density at radius 3 is 2.78 bits per heavy atom. The molecule has 0 bridgehead atoms. The van der Waals surface area contributed by atoms with E-state index in [0.29, 0.717) is 23.1 Å². The summed E-state index contributed by atoms with van der Waals surface area (Å²) < 4.78 is 13.6. The number of likely N-dealkylation sites (N-methyl/N-ethyl adjacent to an activating group) is 1. The van der Waals surface area contributed by atoms with Crippen LogP contribution in [-0.4, -0.2) is 59.5 Å². The van der Waals surface area contributed by atoms with E-state index in [1.807, 2.05) is 4.90 Å². The first-order chi connectivity index (χ1) is 10.9. The van der Waals surface area contributed by atoms with E-state index >= 15 is 0 Å². The summed E-state index contributed by atoms with van der Waals surface area (Å²) in [7, 11) is 1.80. The number of amides is 1. The first-order valence-corrected chi connectivity index (χ1v) is 8.34. The molecule has 1 saturated heterocycles. The minimum atomic E-state index is -0.847. The van der Waals surface area contributed by atoms with Crippen LogP contribution in [0.4, 0.5) is 4.39 Å². The van der Waals surface area contributed by atoms with Crippen molar-refractivity contribution in [3.8, 4) is 0 Å². The SMILES string of the molecule is CN(CC(=O)O)[C@@H]1CCCN(C(=O)c2ccc(F)cc2Br)CC1. The van der Waals surface area contributed by atoms with Crippen LogP contribution in [0, 0.1) is 5.82 Å². The molecule has 1 aromatic carbocycles. The lowest BCUT2D eigenvalue weighted by atomic mass is 10.1. The van der Waals surface area contributed by atoms with Gasteiger partial charge in [0.15, 0.2) is 0 Å². The van der Waals surface area contributed by atoms with Crippen LogP contribution in [-0.2, 0) is 4.79 Å². The summed E-state index contributed by atoms with van der Waals surface area (Å²) >= 11 is 3.24. The zero-order chi connectivity index (χ0) is 17.0. The van der Waals surface area contributed by atoms with Crippen molar-refractivity contribution in [2.45, 2.75) is 25.3 Å². The number of hydrogen-bond donors (Lipinski definition) is 1. The van der Waals surface area contributed by atoms with Crippen LogP contribution in [0.2, 0.25) is 0 Å². The van der Waals surface area contributed by atoms with Gasteiger partial charge < -0.3 is 10.0 Å². The van der Waals surface area contributed by atoms with Crippen LogP contribution in [0.3, 0.4) is 0 Å². The Bertz CT molecular complexity index is 597. The maximum Gasteiger partial charge on any atom is 0.317 e. The number of benzene rings is 1. The Morgan fingerprint density at radius 2 is 2.13 bits per heavy atom. The molecule has 0 radical (unpaired) electrons. The molecule has 1 atom stereocenters. The smallest absolute Gasteiger partial charge is 0.317 e. The fraction of sp³-hybridized carbons (Fsp3) is 0.500. The van der Waals surface area contributed by atoms with Crippen molar-refractivity contribution in [3.63, 3.8) is 0 Å². The number of halogens is 2. The number of aliphatic carboxylic acids is 1. The second-order valence-electron chi connectivity index (χ2n) is 5.81. The molecule has 1 N–H and O–H groups in total. The highest BCUT2D eigenvalue weighted by Crippen LogP contribution is 2.22. The molecule has 23 heavy (non-hydrogen) atoms. The predicted molar refractivity (Wildman–Crippen MR) is 87.9 cm³/mol. The third-order valence-corrected chi connectivity index (χ3v) is 4.81. The van der Waals surface area contributed by atoms with Crippen LogP contribution in [0.5, 0.6) is 0 Å². The molecular weight excluding hydrogens is 367 g/mol. The maximum atomic E-state index is 13.2. The molecule has 0 saturated carbocycles. The van der Waals surface area contributed by atoms with Crippen LogP contribution in [0.1, 0.15) is 29.6 Å². The zero-order valence-electron chi connectivity index (χ0n) is 13.0. The fourth-order valence-electron chi connectivity index (χ4n) is 2.90. The van der Waals surface area contributed by atoms with E-state index in [0.717, 1.165) is 19.3 Å². The Morgan fingerprint density at radius 1 is 1.39 bits per heavy atom. The van der Waals surface area contributed by atoms with E-state index in [1.165, 1.54) is 18.2 Å². The van der Waals surface area contributed by atoms with E-state index < -0.39 is 5.97 Å². The van der Waals surface area contributed by atoms with Crippen LogP contribution < -0.4 is 0 Å². The van der Waals surface area contributed by atoms with Crippen LogP contribution in [0.25, 0.3) is 0 Å². The van der Waals surface area contributed by atoms with Crippen molar-refractivity contribution in [1.82, 2.24) is 9.80 Å². The number of hydrogen-bond acceptors (Lipinski definition) is 3. The number of likely N-dealkylation sites (tertiary alicyclic amines) is 1. The standard InChI is InChI=1S/C16H20BrFN2O3/c1-19(10-15(21)22)12-3-2-7-20(8-6-12)16(23)13-5-4-11(18)9-14(13)17/h4-5,9,12H,2-3,6-8,10H2,1H3,(H,21,22)/t12-/m1/s1. The zero-order valence-corrected chi connectivity index (χ0v) is 14.6. The summed E-state index contributed by atoms with van der Waals surface area (Å²) in [6, 6.07) is 4.20. The van der Waals surface area contributed by atoms with Crippen molar-refractivity contribution in [3.05, 3.63) is 34.1 Å². The minimum absolute atomic E-state index is 0.00211. The molecule has 1 aliphatic heterocycles. The molecule has 1 aromatic rings. The highest BCUT2D eigenvalue weighted by Gasteiger charge is 2.25. The van der Waals surface area contributed by atoms with E-state index in [1.54, 1.807) is 11.9 Å². The number of carbonyl (C=O) groups is 2. The maximum absolute atomic E-state index is 13.2. The highest BCUT2D eigenvalue weighted by molar-refractivity contribution is 9.10. The van der Waals surface area contributed by atoms with Gasteiger partial charge in [0, 0.05) is 23.6 Å². The van der Waals surface area contributed by atoms with Gasteiger partial charge in [-0.05, 0) is 60.4 Å². The first-order valence-electron chi connectivity index (χ1n) is 7.55. The lowest BCUT2D eigenvalue weighted by Gasteiger charge is -2.25. The molecule has 0 aliphatic carbocycles. The van der Waals surface area contributed by atoms with Gasteiger partial charge in [0.05, 0.1) is 12.1 Å². The predicted octanol–water partition coefficient (Wildman–Crippen LogP) is 2.60. The van der Waals surface area contributed by atoms with Gasteiger partial charge in [0.1, 0.15) is 5.82 Å². The molecular formula is C16H20BrFN2O3. The molecule has 0 unspecified atom stereocenters. The van der Waals surface area contributed by atoms with Crippen molar-refractivity contribution >= 4 is 27.8 Å². The average Bonchev–Trinajstić information content (AvgIpc) is 2.71. The third-order valence-electron chi connectivity index (χ3n) is 4.15. The normalized spacial score (nSPS) is 18.8. The largest absolute Gasteiger partial charge is 0.480 e. The molecule has 0 aromatic heterocycles. The van der Waals surface area contributed by atoms with Crippen molar-refractivity contribution in [2.75, 3.05) is 26.7 Å². The lowest BCUT2D eigenvalue weighted by Crippen LogP contribution is -2.37. The molecule has 1 amide bonds. The summed E-state index contributed by atoms with van der Waals surface area (Å²) in [5.74, 6) is -1.36. The Labute approximate surface area is 143 Å². The fourth-order valence-corrected chi connectivity index (χ4v) is 3.42. The van der Waals surface area contributed by atoms with Gasteiger partial charge >= 0.3 is 5.97 Å². The second-order valence-corrected chi connectivity index (χ2v) is 6.66. The van der Waals surface area contributed by atoms with Crippen molar-refractivity contribution in [1.29, 1.82) is 0 Å². The van der Waals surface area contributed by atoms with Crippen molar-refractivity contribution in [2.24, 2.45) is 0 Å². The van der Waals surface area contributed by atoms with Gasteiger partial charge in [-0.3, -0.25) is 14.5 Å². The molecule has 1 fully saturated rings. The summed E-state index contributed by atoms with van der Waals surface area (Å²) in [4.78, 5) is 27.0. The van der Waals surface area contributed by atoms with E-state index in [-0.39, 0.29) is 24.3 Å². The quantitative estimate of drug-likeness (QED) is 0.863. The number of nitrogens with zero attached hydrogens (tertiary/aromatic N) is 2. The summed E-state index contributed by atoms with van der Waals surface area (Å²) in [5.41, 5.74) is 0.448. The third kappa shape index (κ3) is 4.75. The monoisotopic (exact) mass is 386 g/mol. The van der Waals surface area contributed by atoms with Crippen LogP contribution in [0.15, 0.2) is 22.7 Å². The van der Waals surface area contributed by atoms with Crippen LogP contribution >= 0.6 is 15.9 Å². The summed E-state index contributed by atoms with van der Waals surface area (Å²) in [6.45, 7) is 1.19. The van der Waals surface area contributed by atoms with Gasteiger partial charge in [-0.1, -0.05) is 0 Å². The Balaban J connectivity index is 2.02. The minimum Gasteiger partial charge on any atom is -0.480 e. The van der Waals surface area contributed by atoms with Gasteiger partial charge in [0.2, 0.25) is 0 Å². The molecule has 0 spiro atoms. The molecule has 2 rings (SSSR count). The van der Waals surface area contributed by atoms with Gasteiger partial charge in [-0.25, -0.2) is 4.39 Å². The summed E-state index contributed by atoms with van der Waals surface area (Å²) in [5, 5.41) is 8.88. The number of carbonyl (C=O) groups excluding carboxylic acids is 1. The lowest BCUT2D eigenvalue weighted by molar-refractivity contribution is -0.138. The topological polar surface area (TPSA) is 60.9 Å². The second kappa shape index (κ2) is 7.88. The number of carboxylic acids is 1. The molecule has 1 heterocycles. The summed E-state index contributed by atoms with van der Waals surface area (Å²) in [6.07, 6.45) is 2.41. The number of carboxylic acid groups (broad SMARTS) is 1. The van der Waals surface area contributed by atoms with E-state index in [4.69, 9.17) is 5.11 Å².